The minimum atomic E-state index is -0.0406. The van der Waals surface area contributed by atoms with Gasteiger partial charge in [0, 0.05) is 18.5 Å². The maximum Gasteiger partial charge on any atom is 0.234 e. The van der Waals surface area contributed by atoms with Crippen LogP contribution in [0.2, 0.25) is 0 Å². The van der Waals surface area contributed by atoms with Crippen LogP contribution in [0.5, 0.6) is 0 Å². The van der Waals surface area contributed by atoms with Crippen LogP contribution in [0, 0.1) is 0 Å². The van der Waals surface area contributed by atoms with E-state index >= 15 is 0 Å². The lowest BCUT2D eigenvalue weighted by molar-refractivity contribution is -0.124. The average molecular weight is 317 g/mol. The molecule has 1 fully saturated rings. The fraction of sp³-hybridized carbons (Fsp3) is 0.556. The topological polar surface area (TPSA) is 61.4 Å². The Morgan fingerprint density at radius 1 is 1.17 bits per heavy atom. The Morgan fingerprint density at radius 2 is 1.83 bits per heavy atom. The molecule has 0 spiro atoms. The first-order chi connectivity index (χ1) is 11.1. The number of hydrogen-bond donors (Lipinski definition) is 2. The third-order valence-corrected chi connectivity index (χ3v) is 4.08. The highest BCUT2D eigenvalue weighted by atomic mass is 16.2. The lowest BCUT2D eigenvalue weighted by Crippen LogP contribution is -2.42. The maximum absolute atomic E-state index is 12.0. The van der Waals surface area contributed by atoms with Gasteiger partial charge in [0.1, 0.15) is 0 Å². The van der Waals surface area contributed by atoms with Gasteiger partial charge in [0.25, 0.3) is 0 Å². The van der Waals surface area contributed by atoms with Gasteiger partial charge in [-0.2, -0.15) is 0 Å². The van der Waals surface area contributed by atoms with Crippen molar-refractivity contribution in [2.45, 2.75) is 38.1 Å². The van der Waals surface area contributed by atoms with Gasteiger partial charge in [-0.25, -0.2) is 0 Å². The second-order valence-corrected chi connectivity index (χ2v) is 6.33. The number of carbonyl (C=O) groups excluding carboxylic acids is 2. The quantitative estimate of drug-likeness (QED) is 0.726. The number of amides is 2. The van der Waals surface area contributed by atoms with E-state index in [2.05, 4.69) is 29.7 Å². The van der Waals surface area contributed by atoms with E-state index in [0.29, 0.717) is 18.5 Å². The van der Waals surface area contributed by atoms with Crippen molar-refractivity contribution in [1.82, 2.24) is 15.5 Å². The Balaban J connectivity index is 1.69. The van der Waals surface area contributed by atoms with Crippen molar-refractivity contribution in [2.75, 3.05) is 26.7 Å². The molecule has 1 aromatic carbocycles. The molecule has 0 saturated heterocycles. The molecule has 1 aliphatic rings. The molecule has 2 rings (SSSR count). The minimum absolute atomic E-state index is 0.00137. The van der Waals surface area contributed by atoms with Crippen LogP contribution in [0.15, 0.2) is 30.3 Å². The van der Waals surface area contributed by atoms with Gasteiger partial charge >= 0.3 is 0 Å². The van der Waals surface area contributed by atoms with Gasteiger partial charge in [0.2, 0.25) is 11.8 Å². The Hall–Kier alpha value is -1.88. The SMILES string of the molecule is CC[C@@H](CNC(=O)CN(C)CC(=O)NC1CC1)c1ccccc1. The predicted octanol–water partition coefficient (Wildman–Crippen LogP) is 1.51. The zero-order chi connectivity index (χ0) is 16.7. The highest BCUT2D eigenvalue weighted by molar-refractivity contribution is 5.81. The average Bonchev–Trinajstić information content (AvgIpc) is 3.32. The summed E-state index contributed by atoms with van der Waals surface area (Å²) in [5.41, 5.74) is 1.24. The van der Waals surface area contributed by atoms with Gasteiger partial charge in [-0.05, 0) is 31.9 Å². The molecule has 0 unspecified atom stereocenters. The summed E-state index contributed by atoms with van der Waals surface area (Å²) >= 11 is 0. The summed E-state index contributed by atoms with van der Waals surface area (Å²) in [7, 11) is 1.79. The second kappa shape index (κ2) is 8.67. The number of nitrogens with one attached hydrogen (secondary N) is 2. The Labute approximate surface area is 138 Å². The van der Waals surface area contributed by atoms with E-state index in [4.69, 9.17) is 0 Å². The van der Waals surface area contributed by atoms with E-state index in [-0.39, 0.29) is 24.9 Å². The predicted molar refractivity (Wildman–Crippen MR) is 91.1 cm³/mol. The number of benzene rings is 1. The van der Waals surface area contributed by atoms with Crippen LogP contribution in [-0.2, 0) is 9.59 Å². The van der Waals surface area contributed by atoms with Crippen molar-refractivity contribution < 1.29 is 9.59 Å². The standard InChI is InChI=1S/C18H27N3O2/c1-3-14(15-7-5-4-6-8-15)11-19-17(22)12-21(2)13-18(23)20-16-9-10-16/h4-8,14,16H,3,9-13H2,1-2H3,(H,19,22)(H,20,23)/t14-/m0/s1. The summed E-state index contributed by atoms with van der Waals surface area (Å²) in [5.74, 6) is 0.281. The van der Waals surface area contributed by atoms with Crippen LogP contribution in [0.3, 0.4) is 0 Å². The molecule has 1 saturated carbocycles. The summed E-state index contributed by atoms with van der Waals surface area (Å²) in [4.78, 5) is 25.5. The van der Waals surface area contributed by atoms with Gasteiger partial charge < -0.3 is 10.6 Å². The van der Waals surface area contributed by atoms with Gasteiger partial charge in [-0.1, -0.05) is 37.3 Å². The van der Waals surface area contributed by atoms with E-state index in [9.17, 15) is 9.59 Å². The fourth-order valence-electron chi connectivity index (χ4n) is 2.56. The molecule has 23 heavy (non-hydrogen) atoms. The molecule has 0 heterocycles. The van der Waals surface area contributed by atoms with Crippen LogP contribution in [0.1, 0.15) is 37.7 Å². The van der Waals surface area contributed by atoms with E-state index < -0.39 is 0 Å². The third-order valence-electron chi connectivity index (χ3n) is 4.08. The number of rotatable bonds is 9. The van der Waals surface area contributed by atoms with Crippen molar-refractivity contribution in [1.29, 1.82) is 0 Å². The lowest BCUT2D eigenvalue weighted by Gasteiger charge is -2.19. The number of hydrogen-bond acceptors (Lipinski definition) is 3. The Kier molecular flexibility index (Phi) is 6.59. The Bertz CT molecular complexity index is 514. The van der Waals surface area contributed by atoms with Crippen molar-refractivity contribution in [3.05, 3.63) is 35.9 Å². The van der Waals surface area contributed by atoms with Gasteiger partial charge in [-0.15, -0.1) is 0 Å². The van der Waals surface area contributed by atoms with Crippen molar-refractivity contribution in [3.8, 4) is 0 Å². The van der Waals surface area contributed by atoms with Crippen LogP contribution in [-0.4, -0.2) is 49.4 Å². The van der Waals surface area contributed by atoms with E-state index in [1.54, 1.807) is 11.9 Å². The zero-order valence-corrected chi connectivity index (χ0v) is 14.0. The van der Waals surface area contributed by atoms with Gasteiger partial charge in [0.15, 0.2) is 0 Å². The molecule has 0 bridgehead atoms. The molecular weight excluding hydrogens is 290 g/mol. The first-order valence-electron chi connectivity index (χ1n) is 8.38. The second-order valence-electron chi connectivity index (χ2n) is 6.33. The molecule has 0 radical (unpaired) electrons. The summed E-state index contributed by atoms with van der Waals surface area (Å²) < 4.78 is 0. The molecule has 2 amide bonds. The number of likely N-dealkylation sites (N-methyl/N-ethyl adjacent to an activating group) is 1. The molecule has 126 valence electrons. The molecule has 2 N–H and O–H groups in total. The normalized spacial score (nSPS) is 15.3. The van der Waals surface area contributed by atoms with Gasteiger partial charge in [-0.3, -0.25) is 14.5 Å². The molecule has 0 aromatic heterocycles. The summed E-state index contributed by atoms with van der Waals surface area (Å²) in [6.45, 7) is 3.25. The zero-order valence-electron chi connectivity index (χ0n) is 14.0. The highest BCUT2D eigenvalue weighted by Crippen LogP contribution is 2.18. The maximum atomic E-state index is 12.0. The van der Waals surface area contributed by atoms with E-state index in [0.717, 1.165) is 19.3 Å². The largest absolute Gasteiger partial charge is 0.354 e. The number of carbonyl (C=O) groups is 2. The monoisotopic (exact) mass is 317 g/mol. The summed E-state index contributed by atoms with van der Waals surface area (Å²) in [6.07, 6.45) is 3.13. The lowest BCUT2D eigenvalue weighted by atomic mass is 9.96. The van der Waals surface area contributed by atoms with Crippen LogP contribution >= 0.6 is 0 Å². The van der Waals surface area contributed by atoms with Crippen LogP contribution in [0.4, 0.5) is 0 Å². The highest BCUT2D eigenvalue weighted by Gasteiger charge is 2.23. The van der Waals surface area contributed by atoms with Crippen LogP contribution < -0.4 is 10.6 Å². The molecule has 5 heteroatoms. The molecular formula is C18H27N3O2. The van der Waals surface area contributed by atoms with E-state index in [1.807, 2.05) is 18.2 Å². The number of nitrogens with zero attached hydrogens (tertiary/aromatic N) is 1. The fourth-order valence-corrected chi connectivity index (χ4v) is 2.56. The Morgan fingerprint density at radius 3 is 2.43 bits per heavy atom. The van der Waals surface area contributed by atoms with Crippen molar-refractivity contribution >= 4 is 11.8 Å². The molecule has 5 nitrogen and oxygen atoms in total. The first-order valence-corrected chi connectivity index (χ1v) is 8.38. The molecule has 1 atom stereocenters. The first kappa shape index (κ1) is 17.5. The molecule has 1 aliphatic carbocycles. The summed E-state index contributed by atoms with van der Waals surface area (Å²) in [6, 6.07) is 10.6. The summed E-state index contributed by atoms with van der Waals surface area (Å²) in [5, 5.41) is 5.90. The smallest absolute Gasteiger partial charge is 0.234 e. The molecule has 1 aromatic rings. The minimum Gasteiger partial charge on any atom is -0.354 e. The van der Waals surface area contributed by atoms with Crippen molar-refractivity contribution in [2.24, 2.45) is 0 Å². The van der Waals surface area contributed by atoms with Crippen LogP contribution in [0.25, 0.3) is 0 Å². The van der Waals surface area contributed by atoms with Crippen molar-refractivity contribution in [3.63, 3.8) is 0 Å². The van der Waals surface area contributed by atoms with E-state index in [1.165, 1.54) is 5.56 Å². The molecule has 0 aliphatic heterocycles. The third kappa shape index (κ3) is 6.40. The van der Waals surface area contributed by atoms with Gasteiger partial charge in [0.05, 0.1) is 13.1 Å².